The van der Waals surface area contributed by atoms with E-state index in [1.54, 1.807) is 30.3 Å². The number of hydrogen-bond acceptors (Lipinski definition) is 4. The number of sulfonamides is 1. The molecule has 0 heterocycles. The highest BCUT2D eigenvalue weighted by atomic mass is 32.2. The highest BCUT2D eigenvalue weighted by Gasteiger charge is 2.32. The summed E-state index contributed by atoms with van der Waals surface area (Å²) in [5.74, 6) is -0.0504. The SMILES string of the molecule is C=Nc1c(-c2c(O)ccc3ccccc23)cc(NS(=O)(=O)c2cccc(C(F)(F)F)c2)c2ccccc12. The molecular formula is C28H19F3N2O3S. The molecule has 0 radical (unpaired) electrons. The first-order valence-electron chi connectivity index (χ1n) is 11.0. The Bertz CT molecular complexity index is 1800. The van der Waals surface area contributed by atoms with Gasteiger partial charge in [-0.3, -0.25) is 9.71 Å². The van der Waals surface area contributed by atoms with Gasteiger partial charge in [0, 0.05) is 21.9 Å². The first-order valence-corrected chi connectivity index (χ1v) is 12.5. The van der Waals surface area contributed by atoms with Gasteiger partial charge in [0.05, 0.1) is 21.8 Å². The molecule has 5 rings (SSSR count). The maximum Gasteiger partial charge on any atom is 0.416 e. The number of fused-ring (bicyclic) bond motifs is 2. The van der Waals surface area contributed by atoms with Gasteiger partial charge in [0.1, 0.15) is 5.75 Å². The number of nitrogens with zero attached hydrogens (tertiary/aromatic N) is 1. The third-order valence-electron chi connectivity index (χ3n) is 6.07. The number of phenolic OH excluding ortho intramolecular Hbond substituents is 1. The van der Waals surface area contributed by atoms with Crippen LogP contribution in [-0.4, -0.2) is 20.2 Å². The molecule has 186 valence electrons. The van der Waals surface area contributed by atoms with Crippen molar-refractivity contribution < 1.29 is 26.7 Å². The highest BCUT2D eigenvalue weighted by Crippen LogP contribution is 2.46. The molecule has 0 saturated carbocycles. The second kappa shape index (κ2) is 8.94. The van der Waals surface area contributed by atoms with Gasteiger partial charge in [0.2, 0.25) is 0 Å². The summed E-state index contributed by atoms with van der Waals surface area (Å²) in [5, 5.41) is 13.4. The Labute approximate surface area is 210 Å². The summed E-state index contributed by atoms with van der Waals surface area (Å²) in [4.78, 5) is 3.66. The second-order valence-electron chi connectivity index (χ2n) is 8.34. The van der Waals surface area contributed by atoms with Crippen LogP contribution in [0.1, 0.15) is 5.56 Å². The second-order valence-corrected chi connectivity index (χ2v) is 10.0. The summed E-state index contributed by atoms with van der Waals surface area (Å²) in [6.45, 7) is 3.68. The van der Waals surface area contributed by atoms with Crippen LogP contribution in [0.3, 0.4) is 0 Å². The van der Waals surface area contributed by atoms with Crippen molar-refractivity contribution in [1.29, 1.82) is 0 Å². The lowest BCUT2D eigenvalue weighted by Crippen LogP contribution is -2.15. The van der Waals surface area contributed by atoms with Crippen molar-refractivity contribution in [3.05, 3.63) is 96.6 Å². The Balaban J connectivity index is 1.76. The van der Waals surface area contributed by atoms with Crippen LogP contribution in [0.25, 0.3) is 32.7 Å². The van der Waals surface area contributed by atoms with Crippen LogP contribution in [0, 0.1) is 0 Å². The number of aromatic hydroxyl groups is 1. The fraction of sp³-hybridized carbons (Fsp3) is 0.0357. The predicted molar refractivity (Wildman–Crippen MR) is 140 cm³/mol. The van der Waals surface area contributed by atoms with Gasteiger partial charge in [-0.2, -0.15) is 13.2 Å². The van der Waals surface area contributed by atoms with Gasteiger partial charge < -0.3 is 5.11 Å². The molecular weight excluding hydrogens is 501 g/mol. The smallest absolute Gasteiger partial charge is 0.416 e. The monoisotopic (exact) mass is 520 g/mol. The van der Waals surface area contributed by atoms with Gasteiger partial charge in [-0.05, 0) is 47.8 Å². The number of alkyl halides is 3. The molecule has 9 heteroatoms. The average molecular weight is 521 g/mol. The highest BCUT2D eigenvalue weighted by molar-refractivity contribution is 7.92. The van der Waals surface area contributed by atoms with Crippen LogP contribution < -0.4 is 4.72 Å². The molecule has 0 fully saturated rings. The van der Waals surface area contributed by atoms with Crippen LogP contribution in [0.4, 0.5) is 24.5 Å². The molecule has 0 aromatic heterocycles. The third kappa shape index (κ3) is 4.38. The number of rotatable bonds is 5. The minimum atomic E-state index is -4.70. The van der Waals surface area contributed by atoms with Crippen molar-refractivity contribution in [3.8, 4) is 16.9 Å². The van der Waals surface area contributed by atoms with Crippen molar-refractivity contribution in [3.63, 3.8) is 0 Å². The molecule has 0 unspecified atom stereocenters. The van der Waals surface area contributed by atoms with Crippen molar-refractivity contribution in [2.75, 3.05) is 4.72 Å². The van der Waals surface area contributed by atoms with E-state index >= 15 is 0 Å². The molecule has 0 bridgehead atoms. The minimum absolute atomic E-state index is 0.0504. The molecule has 5 nitrogen and oxygen atoms in total. The van der Waals surface area contributed by atoms with Crippen molar-refractivity contribution in [1.82, 2.24) is 0 Å². The Hall–Kier alpha value is -4.37. The van der Waals surface area contributed by atoms with E-state index in [4.69, 9.17) is 0 Å². The zero-order chi connectivity index (χ0) is 26.4. The van der Waals surface area contributed by atoms with Crippen LogP contribution in [0.5, 0.6) is 5.75 Å². The number of benzene rings is 5. The summed E-state index contributed by atoms with van der Waals surface area (Å²) in [6, 6.07) is 22.5. The fourth-order valence-electron chi connectivity index (χ4n) is 4.39. The number of aliphatic imine (C=N–C) groups is 1. The van der Waals surface area contributed by atoms with E-state index in [9.17, 15) is 26.7 Å². The fourth-order valence-corrected chi connectivity index (χ4v) is 5.51. The lowest BCUT2D eigenvalue weighted by molar-refractivity contribution is -0.137. The molecule has 37 heavy (non-hydrogen) atoms. The molecule has 0 atom stereocenters. The third-order valence-corrected chi connectivity index (χ3v) is 7.43. The molecule has 5 aromatic carbocycles. The summed E-state index contributed by atoms with van der Waals surface area (Å²) in [6.07, 6.45) is -4.70. The van der Waals surface area contributed by atoms with Crippen molar-refractivity contribution in [2.45, 2.75) is 11.1 Å². The summed E-state index contributed by atoms with van der Waals surface area (Å²) in [7, 11) is -4.42. The van der Waals surface area contributed by atoms with Crippen LogP contribution in [0.15, 0.2) is 101 Å². The van der Waals surface area contributed by atoms with E-state index < -0.39 is 26.7 Å². The standard InChI is InChI=1S/C28H19F3N2O3S/c1-32-27-22-12-5-4-11-21(22)24(33-37(35,36)19-9-6-8-18(15-19)28(29,30)31)16-23(27)26-20-10-3-2-7-17(20)13-14-25(26)34/h2-16,33-34H,1H2. The maximum absolute atomic E-state index is 13.2. The summed E-state index contributed by atoms with van der Waals surface area (Å²) in [5.41, 5.74) is 0.287. The first kappa shape index (κ1) is 24.3. The van der Waals surface area contributed by atoms with Crippen LogP contribution >= 0.6 is 0 Å². The van der Waals surface area contributed by atoms with Crippen LogP contribution in [-0.2, 0) is 16.2 Å². The maximum atomic E-state index is 13.2. The molecule has 0 saturated heterocycles. The van der Waals surface area contributed by atoms with E-state index in [0.717, 1.165) is 23.6 Å². The normalized spacial score (nSPS) is 12.1. The number of halogens is 3. The zero-order valence-corrected chi connectivity index (χ0v) is 19.9. The van der Waals surface area contributed by atoms with Gasteiger partial charge in [-0.25, -0.2) is 8.42 Å². The Morgan fingerprint density at radius 1 is 0.811 bits per heavy atom. The minimum Gasteiger partial charge on any atom is -0.507 e. The van der Waals surface area contributed by atoms with Gasteiger partial charge in [-0.1, -0.05) is 60.7 Å². The topological polar surface area (TPSA) is 78.8 Å². The molecule has 0 aliphatic carbocycles. The average Bonchev–Trinajstić information content (AvgIpc) is 2.88. The van der Waals surface area contributed by atoms with Gasteiger partial charge in [0.15, 0.2) is 0 Å². The Morgan fingerprint density at radius 2 is 1.49 bits per heavy atom. The van der Waals surface area contributed by atoms with Gasteiger partial charge in [-0.15, -0.1) is 0 Å². The largest absolute Gasteiger partial charge is 0.507 e. The Morgan fingerprint density at radius 3 is 2.19 bits per heavy atom. The molecule has 0 spiro atoms. The first-order chi connectivity index (χ1) is 17.6. The summed E-state index contributed by atoms with van der Waals surface area (Å²) < 4.78 is 68.6. The number of anilines is 1. The molecule has 0 amide bonds. The lowest BCUT2D eigenvalue weighted by atomic mass is 9.92. The van der Waals surface area contributed by atoms with E-state index in [1.807, 2.05) is 24.3 Å². The zero-order valence-electron chi connectivity index (χ0n) is 19.1. The summed E-state index contributed by atoms with van der Waals surface area (Å²) >= 11 is 0. The van der Waals surface area contributed by atoms with E-state index in [-0.39, 0.29) is 11.4 Å². The van der Waals surface area contributed by atoms with E-state index in [0.29, 0.717) is 39.0 Å². The molecule has 0 aliphatic rings. The number of nitrogens with one attached hydrogen (secondary N) is 1. The van der Waals surface area contributed by atoms with Gasteiger partial charge in [0.25, 0.3) is 10.0 Å². The lowest BCUT2D eigenvalue weighted by Gasteiger charge is -2.18. The Kier molecular flexibility index (Phi) is 5.88. The van der Waals surface area contributed by atoms with Crippen molar-refractivity contribution in [2.24, 2.45) is 4.99 Å². The van der Waals surface area contributed by atoms with Crippen LogP contribution in [0.2, 0.25) is 0 Å². The molecule has 5 aromatic rings. The molecule has 0 aliphatic heterocycles. The van der Waals surface area contributed by atoms with Crippen molar-refractivity contribution >= 4 is 49.7 Å². The quantitative estimate of drug-likeness (QED) is 0.235. The molecule has 2 N–H and O–H groups in total. The number of hydrogen-bond donors (Lipinski definition) is 2. The van der Waals surface area contributed by atoms with E-state index in [1.165, 1.54) is 12.1 Å². The van der Waals surface area contributed by atoms with Gasteiger partial charge >= 0.3 is 6.18 Å². The number of phenols is 1. The predicted octanol–water partition coefficient (Wildman–Crippen LogP) is 7.52. The van der Waals surface area contributed by atoms with E-state index in [2.05, 4.69) is 16.4 Å².